The van der Waals surface area contributed by atoms with Gasteiger partial charge in [0.1, 0.15) is 16.8 Å². The number of halogens is 3. The van der Waals surface area contributed by atoms with E-state index in [0.29, 0.717) is 17.5 Å². The molecule has 0 unspecified atom stereocenters. The molecule has 2 aromatic rings. The molecule has 0 aliphatic carbocycles. The molecule has 19 heavy (non-hydrogen) atoms. The second-order valence-electron chi connectivity index (χ2n) is 3.19. The molecule has 0 saturated heterocycles. The smallest absolute Gasteiger partial charge is 0.257 e. The molecule has 0 aliphatic heterocycles. The Balaban J connectivity index is 2.41. The van der Waals surface area contributed by atoms with Crippen molar-refractivity contribution in [3.63, 3.8) is 0 Å². The quantitative estimate of drug-likeness (QED) is 0.399. The van der Waals surface area contributed by atoms with Crippen LogP contribution in [0, 0.1) is 10.1 Å². The van der Waals surface area contributed by atoms with Gasteiger partial charge in [-0.2, -0.15) is 13.2 Å². The molecule has 0 amide bonds. The SMILES string of the molecule is O=[N+]([O-])c1cnc(-c2ncc(C(F)(F)F)c(S)n2)s1. The third-order valence-electron chi connectivity index (χ3n) is 1.94. The highest BCUT2D eigenvalue weighted by molar-refractivity contribution is 7.80. The van der Waals surface area contributed by atoms with Gasteiger partial charge in [0, 0.05) is 6.20 Å². The van der Waals surface area contributed by atoms with Gasteiger partial charge in [-0.05, 0) is 11.3 Å². The third kappa shape index (κ3) is 2.81. The summed E-state index contributed by atoms with van der Waals surface area (Å²) in [4.78, 5) is 20.5. The molecule has 0 N–H and O–H groups in total. The summed E-state index contributed by atoms with van der Waals surface area (Å²) < 4.78 is 37.4. The maximum atomic E-state index is 12.5. The number of rotatable bonds is 2. The van der Waals surface area contributed by atoms with E-state index in [0.717, 1.165) is 6.20 Å². The summed E-state index contributed by atoms with van der Waals surface area (Å²) in [6, 6.07) is 0. The zero-order valence-corrected chi connectivity index (χ0v) is 10.5. The van der Waals surface area contributed by atoms with Gasteiger partial charge < -0.3 is 0 Å². The molecule has 0 bridgehead atoms. The molecule has 11 heteroatoms. The standard InChI is InChI=1S/C8H3F3N4O2S2/c9-8(10,11)3-1-12-5(14-6(3)18)7-13-2-4(19-7)15(16)17/h1-2H,(H,12,14,18). The average molecular weight is 308 g/mol. The van der Waals surface area contributed by atoms with E-state index in [1.807, 2.05) is 0 Å². The van der Waals surface area contributed by atoms with Crippen LogP contribution in [0.5, 0.6) is 0 Å². The molecule has 2 aromatic heterocycles. The molecule has 6 nitrogen and oxygen atoms in total. The number of thiol groups is 1. The van der Waals surface area contributed by atoms with Gasteiger partial charge in [0.25, 0.3) is 0 Å². The minimum Gasteiger partial charge on any atom is -0.257 e. The Morgan fingerprint density at radius 1 is 1.32 bits per heavy atom. The molecular weight excluding hydrogens is 305 g/mol. The van der Waals surface area contributed by atoms with Crippen molar-refractivity contribution >= 4 is 29.0 Å². The van der Waals surface area contributed by atoms with E-state index < -0.39 is 21.7 Å². The van der Waals surface area contributed by atoms with Gasteiger partial charge >= 0.3 is 11.2 Å². The molecule has 0 aromatic carbocycles. The number of thiazole rings is 1. The van der Waals surface area contributed by atoms with E-state index in [2.05, 4.69) is 27.6 Å². The first-order valence-corrected chi connectivity index (χ1v) is 5.79. The van der Waals surface area contributed by atoms with Gasteiger partial charge in [0.2, 0.25) is 0 Å². The lowest BCUT2D eigenvalue weighted by Crippen LogP contribution is -2.08. The Bertz CT molecular complexity index is 643. The third-order valence-corrected chi connectivity index (χ3v) is 3.22. The molecular formula is C8H3F3N4O2S2. The molecule has 0 saturated carbocycles. The van der Waals surface area contributed by atoms with Crippen LogP contribution in [0.2, 0.25) is 0 Å². The lowest BCUT2D eigenvalue weighted by molar-refractivity contribution is -0.380. The van der Waals surface area contributed by atoms with Crippen LogP contribution in [0.4, 0.5) is 18.2 Å². The van der Waals surface area contributed by atoms with Crippen molar-refractivity contribution in [2.24, 2.45) is 0 Å². The normalized spacial score (nSPS) is 11.6. The van der Waals surface area contributed by atoms with E-state index >= 15 is 0 Å². The summed E-state index contributed by atoms with van der Waals surface area (Å²) in [6.07, 6.45) is -3.05. The molecule has 2 rings (SSSR count). The number of hydrogen-bond donors (Lipinski definition) is 1. The molecule has 100 valence electrons. The second-order valence-corrected chi connectivity index (χ2v) is 4.62. The number of alkyl halides is 3. The lowest BCUT2D eigenvalue weighted by atomic mass is 10.3. The van der Waals surface area contributed by atoms with Crippen molar-refractivity contribution in [2.75, 3.05) is 0 Å². The Morgan fingerprint density at radius 3 is 2.47 bits per heavy atom. The highest BCUT2D eigenvalue weighted by Gasteiger charge is 2.34. The highest BCUT2D eigenvalue weighted by Crippen LogP contribution is 2.34. The van der Waals surface area contributed by atoms with Crippen molar-refractivity contribution < 1.29 is 18.1 Å². The first-order valence-electron chi connectivity index (χ1n) is 4.53. The Morgan fingerprint density at radius 2 is 2.00 bits per heavy atom. The van der Waals surface area contributed by atoms with E-state index in [-0.39, 0.29) is 15.8 Å². The highest BCUT2D eigenvalue weighted by atomic mass is 32.1. The molecule has 0 spiro atoms. The fraction of sp³-hybridized carbons (Fsp3) is 0.125. The fourth-order valence-electron chi connectivity index (χ4n) is 1.13. The topological polar surface area (TPSA) is 81.8 Å². The molecule has 0 fully saturated rings. The predicted molar refractivity (Wildman–Crippen MR) is 62.0 cm³/mol. The summed E-state index contributed by atoms with van der Waals surface area (Å²) >= 11 is 4.30. The van der Waals surface area contributed by atoms with Crippen LogP contribution in [-0.4, -0.2) is 19.9 Å². The predicted octanol–water partition coefficient (Wildman–Crippen LogP) is 2.82. The van der Waals surface area contributed by atoms with Crippen molar-refractivity contribution in [3.8, 4) is 10.8 Å². The van der Waals surface area contributed by atoms with E-state index in [1.54, 1.807) is 0 Å². The maximum Gasteiger partial charge on any atom is 0.420 e. The molecule has 0 radical (unpaired) electrons. The molecule has 0 aliphatic rings. The van der Waals surface area contributed by atoms with Crippen molar-refractivity contribution in [1.82, 2.24) is 15.0 Å². The van der Waals surface area contributed by atoms with E-state index in [1.165, 1.54) is 0 Å². The van der Waals surface area contributed by atoms with Crippen LogP contribution in [0.15, 0.2) is 17.4 Å². The monoisotopic (exact) mass is 308 g/mol. The first-order chi connectivity index (χ1) is 8.79. The van der Waals surface area contributed by atoms with Crippen molar-refractivity contribution in [2.45, 2.75) is 11.2 Å². The molecule has 0 atom stereocenters. The Labute approximate surface area is 112 Å². The minimum atomic E-state index is -4.61. The largest absolute Gasteiger partial charge is 0.420 e. The van der Waals surface area contributed by atoms with Crippen molar-refractivity contribution in [1.29, 1.82) is 0 Å². The van der Waals surface area contributed by atoms with E-state index in [9.17, 15) is 23.3 Å². The summed E-state index contributed by atoms with van der Waals surface area (Å²) in [5, 5.41) is 9.71. The van der Waals surface area contributed by atoms with Gasteiger partial charge in [0.15, 0.2) is 10.8 Å². The summed E-state index contributed by atoms with van der Waals surface area (Å²) in [5.74, 6) is -0.143. The lowest BCUT2D eigenvalue weighted by Gasteiger charge is -2.08. The summed E-state index contributed by atoms with van der Waals surface area (Å²) in [5.41, 5.74) is -1.08. The number of nitrogens with zero attached hydrogens (tertiary/aromatic N) is 4. The van der Waals surface area contributed by atoms with Gasteiger partial charge in [-0.25, -0.2) is 15.0 Å². The van der Waals surface area contributed by atoms with Crippen LogP contribution in [0.25, 0.3) is 10.8 Å². The zero-order valence-electron chi connectivity index (χ0n) is 8.75. The van der Waals surface area contributed by atoms with Gasteiger partial charge in [0.05, 0.1) is 4.92 Å². The minimum absolute atomic E-state index is 0.0516. The van der Waals surface area contributed by atoms with Gasteiger partial charge in [-0.1, -0.05) is 0 Å². The zero-order chi connectivity index (χ0) is 14.2. The van der Waals surface area contributed by atoms with Crippen LogP contribution in [0.3, 0.4) is 0 Å². The second kappa shape index (κ2) is 4.74. The number of hydrogen-bond acceptors (Lipinski definition) is 7. The van der Waals surface area contributed by atoms with Crippen LogP contribution < -0.4 is 0 Å². The Kier molecular flexibility index (Phi) is 3.41. The summed E-state index contributed by atoms with van der Waals surface area (Å²) in [6.45, 7) is 0. The van der Waals surface area contributed by atoms with Crippen LogP contribution in [-0.2, 0) is 6.18 Å². The summed E-state index contributed by atoms with van der Waals surface area (Å²) in [7, 11) is 0. The Hall–Kier alpha value is -1.75. The van der Waals surface area contributed by atoms with Crippen molar-refractivity contribution in [3.05, 3.63) is 28.1 Å². The molecule has 2 heterocycles. The van der Waals surface area contributed by atoms with Gasteiger partial charge in [-0.3, -0.25) is 10.1 Å². The average Bonchev–Trinajstić information content (AvgIpc) is 2.76. The van der Waals surface area contributed by atoms with Gasteiger partial charge in [-0.15, -0.1) is 12.6 Å². The fourth-order valence-corrected chi connectivity index (χ4v) is 2.08. The maximum absolute atomic E-state index is 12.5. The van der Waals surface area contributed by atoms with Crippen LogP contribution in [0.1, 0.15) is 5.56 Å². The van der Waals surface area contributed by atoms with E-state index in [4.69, 9.17) is 0 Å². The van der Waals surface area contributed by atoms with Crippen LogP contribution >= 0.6 is 24.0 Å². The number of aromatic nitrogens is 3. The number of nitro groups is 1. The first kappa shape index (κ1) is 13.7.